The summed E-state index contributed by atoms with van der Waals surface area (Å²) in [6.45, 7) is 10.7. The zero-order chi connectivity index (χ0) is 24.0. The van der Waals surface area contributed by atoms with Crippen LogP contribution >= 0.6 is 0 Å². The fourth-order valence-electron chi connectivity index (χ4n) is 3.56. The summed E-state index contributed by atoms with van der Waals surface area (Å²) in [5.74, 6) is 0.484. The van der Waals surface area contributed by atoms with Gasteiger partial charge in [0.2, 0.25) is 6.41 Å². The highest BCUT2D eigenvalue weighted by Gasteiger charge is 2.15. The van der Waals surface area contributed by atoms with Crippen molar-refractivity contribution in [2.45, 2.75) is 27.4 Å². The zero-order valence-corrected chi connectivity index (χ0v) is 19.5. The molecule has 3 aromatic rings. The van der Waals surface area contributed by atoms with Crippen LogP contribution in [0.4, 0.5) is 5.69 Å². The Morgan fingerprint density at radius 3 is 2.58 bits per heavy atom. The fraction of sp³-hybridized carbons (Fsp3) is 0.269. The van der Waals surface area contributed by atoms with Crippen LogP contribution in [0, 0.1) is 6.92 Å². The number of anilines is 1. The number of hydrazone groups is 1. The molecule has 2 aromatic carbocycles. The van der Waals surface area contributed by atoms with E-state index in [2.05, 4.69) is 11.7 Å². The molecule has 0 bridgehead atoms. The van der Waals surface area contributed by atoms with Gasteiger partial charge in [0.15, 0.2) is 5.84 Å². The van der Waals surface area contributed by atoms with E-state index in [1.54, 1.807) is 18.1 Å². The molecule has 1 aromatic heterocycles. The molecule has 0 aliphatic heterocycles. The number of aryl methyl sites for hydroxylation is 1. The molecule has 0 N–H and O–H groups in total. The van der Waals surface area contributed by atoms with Crippen LogP contribution in [0.25, 0.3) is 16.3 Å². The van der Waals surface area contributed by atoms with Gasteiger partial charge in [0.05, 0.1) is 17.7 Å². The summed E-state index contributed by atoms with van der Waals surface area (Å²) in [4.78, 5) is 25.4. The molecule has 3 rings (SSSR count). The maximum Gasteiger partial charge on any atom is 0.343 e. The molecular formula is C26H29N3O4. The minimum absolute atomic E-state index is 0.166. The number of nitrogens with zero attached hydrogens (tertiary/aromatic N) is 3. The summed E-state index contributed by atoms with van der Waals surface area (Å²) in [6, 6.07) is 13.5. The lowest BCUT2D eigenvalue weighted by atomic mass is 10.0. The average Bonchev–Trinajstić information content (AvgIpc) is 2.80. The van der Waals surface area contributed by atoms with Crippen molar-refractivity contribution >= 4 is 34.3 Å². The predicted octanol–water partition coefficient (Wildman–Crippen LogP) is 4.58. The van der Waals surface area contributed by atoms with E-state index >= 15 is 0 Å². The van der Waals surface area contributed by atoms with Gasteiger partial charge in [-0.3, -0.25) is 14.7 Å². The molecule has 1 amide bonds. The van der Waals surface area contributed by atoms with Crippen LogP contribution in [0.15, 0.2) is 69.6 Å². The number of carbonyl (C=O) groups excluding carboxylic acids is 1. The van der Waals surface area contributed by atoms with Crippen LogP contribution in [0.5, 0.6) is 0 Å². The number of hydrogen-bond donors (Lipinski definition) is 0. The van der Waals surface area contributed by atoms with Crippen LogP contribution < -0.4 is 10.6 Å². The number of hydrogen-bond acceptors (Lipinski definition) is 6. The first-order valence-corrected chi connectivity index (χ1v) is 10.7. The zero-order valence-electron chi connectivity index (χ0n) is 19.5. The molecule has 0 radical (unpaired) electrons. The SMILES string of the molecule is C=C(C)c1coc(=O)c2cc(C)c(N(C)/N=C(/COCc3ccccc3)N(C=O)CC)cc12. The first kappa shape index (κ1) is 23.9. The summed E-state index contributed by atoms with van der Waals surface area (Å²) in [6.07, 6.45) is 2.18. The molecule has 1 heterocycles. The Kier molecular flexibility index (Phi) is 7.79. The number of amides is 1. The Balaban J connectivity index is 1.95. The van der Waals surface area contributed by atoms with Gasteiger partial charge in [-0.15, -0.1) is 0 Å². The second-order valence-electron chi connectivity index (χ2n) is 7.81. The van der Waals surface area contributed by atoms with E-state index in [9.17, 15) is 9.59 Å². The number of carbonyl (C=O) groups is 1. The highest BCUT2D eigenvalue weighted by Crippen LogP contribution is 2.29. The molecular weight excluding hydrogens is 418 g/mol. The molecule has 0 saturated heterocycles. The quantitative estimate of drug-likeness (QED) is 0.208. The van der Waals surface area contributed by atoms with Gasteiger partial charge in [-0.25, -0.2) is 4.79 Å². The average molecular weight is 448 g/mol. The number of ether oxygens (including phenoxy) is 1. The van der Waals surface area contributed by atoms with Gasteiger partial charge in [0, 0.05) is 24.5 Å². The Labute approximate surface area is 193 Å². The molecule has 7 heteroatoms. The predicted molar refractivity (Wildman–Crippen MR) is 132 cm³/mol. The van der Waals surface area contributed by atoms with Crippen molar-refractivity contribution in [1.29, 1.82) is 0 Å². The normalized spacial score (nSPS) is 11.5. The third-order valence-electron chi connectivity index (χ3n) is 5.35. The molecule has 0 aliphatic rings. The fourth-order valence-corrected chi connectivity index (χ4v) is 3.56. The lowest BCUT2D eigenvalue weighted by Crippen LogP contribution is -2.35. The van der Waals surface area contributed by atoms with Gasteiger partial charge in [-0.1, -0.05) is 36.9 Å². The van der Waals surface area contributed by atoms with Gasteiger partial charge < -0.3 is 9.15 Å². The molecule has 172 valence electrons. The monoisotopic (exact) mass is 447 g/mol. The number of allylic oxidation sites excluding steroid dienone is 1. The summed E-state index contributed by atoms with van der Waals surface area (Å²) in [5, 5.41) is 7.60. The number of fused-ring (bicyclic) bond motifs is 1. The van der Waals surface area contributed by atoms with Crippen molar-refractivity contribution in [2.24, 2.45) is 5.10 Å². The minimum Gasteiger partial charge on any atom is -0.430 e. The highest BCUT2D eigenvalue weighted by molar-refractivity contribution is 5.96. The third-order valence-corrected chi connectivity index (χ3v) is 5.35. The third kappa shape index (κ3) is 5.56. The largest absolute Gasteiger partial charge is 0.430 e. The van der Waals surface area contributed by atoms with Gasteiger partial charge in [0.25, 0.3) is 0 Å². The van der Waals surface area contributed by atoms with E-state index in [0.29, 0.717) is 24.4 Å². The van der Waals surface area contributed by atoms with E-state index in [4.69, 9.17) is 9.15 Å². The topological polar surface area (TPSA) is 75.4 Å². The van der Waals surface area contributed by atoms with Crippen LogP contribution in [-0.4, -0.2) is 37.3 Å². The molecule has 7 nitrogen and oxygen atoms in total. The molecule has 0 unspecified atom stereocenters. The van der Waals surface area contributed by atoms with Crippen molar-refractivity contribution in [3.05, 3.63) is 82.4 Å². The van der Waals surface area contributed by atoms with Crippen LogP contribution in [0.2, 0.25) is 0 Å². The van der Waals surface area contributed by atoms with Crippen molar-refractivity contribution in [2.75, 3.05) is 25.2 Å². The van der Waals surface area contributed by atoms with Crippen LogP contribution in [-0.2, 0) is 16.1 Å². The summed E-state index contributed by atoms with van der Waals surface area (Å²) >= 11 is 0. The number of rotatable bonds is 9. The Morgan fingerprint density at radius 2 is 1.94 bits per heavy atom. The van der Waals surface area contributed by atoms with E-state index < -0.39 is 5.63 Å². The number of benzene rings is 2. The van der Waals surface area contributed by atoms with Gasteiger partial charge >= 0.3 is 5.63 Å². The molecule has 0 atom stereocenters. The van der Waals surface area contributed by atoms with Crippen LogP contribution in [0.1, 0.15) is 30.5 Å². The molecule has 33 heavy (non-hydrogen) atoms. The Hall–Kier alpha value is -3.71. The Morgan fingerprint density at radius 1 is 1.21 bits per heavy atom. The molecule has 0 spiro atoms. The lowest BCUT2D eigenvalue weighted by molar-refractivity contribution is -0.114. The highest BCUT2D eigenvalue weighted by atomic mass is 16.5. The van der Waals surface area contributed by atoms with Gasteiger partial charge in [0.1, 0.15) is 12.9 Å². The molecule has 0 fully saturated rings. The maximum atomic E-state index is 12.3. The maximum absolute atomic E-state index is 12.3. The second kappa shape index (κ2) is 10.7. The van der Waals surface area contributed by atoms with Crippen molar-refractivity contribution in [3.63, 3.8) is 0 Å². The smallest absolute Gasteiger partial charge is 0.343 e. The van der Waals surface area contributed by atoms with Crippen LogP contribution in [0.3, 0.4) is 0 Å². The second-order valence-corrected chi connectivity index (χ2v) is 7.81. The molecule has 0 aliphatic carbocycles. The first-order chi connectivity index (χ1) is 15.8. The van der Waals surface area contributed by atoms with Crippen molar-refractivity contribution < 1.29 is 13.9 Å². The van der Waals surface area contributed by atoms with Gasteiger partial charge in [-0.2, -0.15) is 5.10 Å². The summed E-state index contributed by atoms with van der Waals surface area (Å²) < 4.78 is 11.0. The molecule has 0 saturated carbocycles. The number of amidine groups is 1. The van der Waals surface area contributed by atoms with E-state index in [-0.39, 0.29) is 6.61 Å². The van der Waals surface area contributed by atoms with Gasteiger partial charge in [-0.05, 0) is 49.6 Å². The van der Waals surface area contributed by atoms with E-state index in [1.807, 2.05) is 57.2 Å². The Bertz CT molecular complexity index is 1230. The minimum atomic E-state index is -0.399. The van der Waals surface area contributed by atoms with Crippen molar-refractivity contribution in [3.8, 4) is 0 Å². The first-order valence-electron chi connectivity index (χ1n) is 10.7. The summed E-state index contributed by atoms with van der Waals surface area (Å²) in [5.41, 5.74) is 3.83. The number of likely N-dealkylation sites (N-methyl/N-ethyl adjacent to an activating group) is 1. The van der Waals surface area contributed by atoms with E-state index in [1.165, 1.54) is 11.2 Å². The standard InChI is InChI=1S/C26H29N3O4/c1-6-29(17-30)25(16-32-14-20-10-8-7-9-11-20)27-28(5)24-13-21-22(12-19(24)4)26(31)33-15-23(21)18(2)3/h7-13,15,17H,2,6,14,16H2,1,3-5H3/b27-25-. The van der Waals surface area contributed by atoms with Crippen molar-refractivity contribution in [1.82, 2.24) is 4.90 Å². The summed E-state index contributed by atoms with van der Waals surface area (Å²) in [7, 11) is 1.80. The lowest BCUT2D eigenvalue weighted by Gasteiger charge is -2.23. The van der Waals surface area contributed by atoms with E-state index in [0.717, 1.165) is 39.7 Å².